The van der Waals surface area contributed by atoms with Gasteiger partial charge in [-0.05, 0) is 49.6 Å². The number of halogens is 1. The van der Waals surface area contributed by atoms with Gasteiger partial charge in [-0.1, -0.05) is 25.1 Å². The Balaban J connectivity index is 0.000000182. The molecule has 38 heavy (non-hydrogen) atoms. The largest absolute Gasteiger partial charge is 0.464 e. The average Bonchev–Trinajstić information content (AvgIpc) is 3.33. The summed E-state index contributed by atoms with van der Waals surface area (Å²) in [6.07, 6.45) is 12.2. The smallest absolute Gasteiger partial charge is 0.291 e. The minimum Gasteiger partial charge on any atom is -0.464 e. The molecule has 8 nitrogen and oxygen atoms in total. The Bertz CT molecular complexity index is 1530. The van der Waals surface area contributed by atoms with Gasteiger partial charge in [0.05, 0.1) is 36.2 Å². The summed E-state index contributed by atoms with van der Waals surface area (Å²) in [5.41, 5.74) is 4.92. The number of carbonyl (C=O) groups excluding carboxylic acids is 1. The first-order valence-corrected chi connectivity index (χ1v) is 13.1. The van der Waals surface area contributed by atoms with E-state index in [-0.39, 0.29) is 23.4 Å². The van der Waals surface area contributed by atoms with E-state index in [1.807, 2.05) is 25.3 Å². The second-order valence-electron chi connectivity index (χ2n) is 9.91. The lowest BCUT2D eigenvalue weighted by molar-refractivity contribution is 0.0693. The lowest BCUT2D eigenvalue weighted by Crippen LogP contribution is -2.36. The van der Waals surface area contributed by atoms with Gasteiger partial charge in [-0.3, -0.25) is 4.79 Å². The minimum absolute atomic E-state index is 0.196. The summed E-state index contributed by atoms with van der Waals surface area (Å²) in [5, 5.41) is 1.31. The molecule has 7 rings (SSSR count). The summed E-state index contributed by atoms with van der Waals surface area (Å²) in [4.78, 5) is 28.1. The van der Waals surface area contributed by atoms with Crippen molar-refractivity contribution in [3.63, 3.8) is 0 Å². The highest BCUT2D eigenvalue weighted by Gasteiger charge is 2.33. The zero-order valence-electron chi connectivity index (χ0n) is 21.5. The molecule has 2 aliphatic heterocycles. The van der Waals surface area contributed by atoms with E-state index in [1.54, 1.807) is 35.5 Å². The van der Waals surface area contributed by atoms with Gasteiger partial charge >= 0.3 is 0 Å². The van der Waals surface area contributed by atoms with Crippen molar-refractivity contribution in [2.45, 2.75) is 51.1 Å². The topological polar surface area (TPSA) is 91.4 Å². The van der Waals surface area contributed by atoms with Crippen molar-refractivity contribution in [1.82, 2.24) is 24.8 Å². The van der Waals surface area contributed by atoms with Crippen molar-refractivity contribution in [3.05, 3.63) is 95.3 Å². The number of hydrogen-bond donors (Lipinski definition) is 1. The molecule has 1 saturated carbocycles. The van der Waals surface area contributed by atoms with E-state index >= 15 is 0 Å². The van der Waals surface area contributed by atoms with Gasteiger partial charge in [0, 0.05) is 31.0 Å². The number of allylic oxidation sites excluding steroid dienone is 2. The number of para-hydroxylation sites is 1. The second kappa shape index (κ2) is 9.96. The third-order valence-electron chi connectivity index (χ3n) is 7.31. The van der Waals surface area contributed by atoms with E-state index in [9.17, 15) is 9.18 Å². The summed E-state index contributed by atoms with van der Waals surface area (Å²) >= 11 is 0. The molecule has 0 spiro atoms. The van der Waals surface area contributed by atoms with Gasteiger partial charge in [0.1, 0.15) is 11.4 Å². The highest BCUT2D eigenvalue weighted by Crippen LogP contribution is 2.43. The van der Waals surface area contributed by atoms with Crippen LogP contribution in [0.3, 0.4) is 0 Å². The van der Waals surface area contributed by atoms with Crippen molar-refractivity contribution in [1.29, 1.82) is 0 Å². The van der Waals surface area contributed by atoms with Crippen LogP contribution in [0.25, 0.3) is 11.0 Å². The predicted octanol–water partition coefficient (Wildman–Crippen LogP) is 5.82. The minimum atomic E-state index is -0.743. The van der Waals surface area contributed by atoms with Gasteiger partial charge in [0.2, 0.25) is 11.7 Å². The number of aryl methyl sites for hydroxylation is 1. The summed E-state index contributed by atoms with van der Waals surface area (Å²) in [6, 6.07) is 7.52. The lowest BCUT2D eigenvalue weighted by Gasteiger charge is -2.26. The molecule has 196 valence electrons. The highest BCUT2D eigenvalue weighted by molar-refractivity contribution is 5.92. The van der Waals surface area contributed by atoms with Gasteiger partial charge in [-0.25, -0.2) is 14.4 Å². The number of fused-ring (bicyclic) bond motifs is 2. The van der Waals surface area contributed by atoms with Crippen LogP contribution in [0.1, 0.15) is 70.8 Å². The number of likely N-dealkylation sites (N-methyl/N-ethyl adjacent to an activating group) is 1. The fourth-order valence-electron chi connectivity index (χ4n) is 5.07. The van der Waals surface area contributed by atoms with Crippen LogP contribution in [0.15, 0.2) is 69.9 Å². The van der Waals surface area contributed by atoms with Crippen molar-refractivity contribution in [3.8, 4) is 0 Å². The number of oxazole rings is 1. The molecule has 0 radical (unpaired) electrons. The van der Waals surface area contributed by atoms with E-state index in [4.69, 9.17) is 8.83 Å². The van der Waals surface area contributed by atoms with Gasteiger partial charge in [-0.15, -0.1) is 0 Å². The number of rotatable bonds is 4. The lowest BCUT2D eigenvalue weighted by atomic mass is 10.1. The number of nitrogens with one attached hydrogen (secondary N) is 1. The van der Waals surface area contributed by atoms with Gasteiger partial charge in [0.25, 0.3) is 5.91 Å². The normalized spacial score (nSPS) is 18.7. The molecule has 9 heteroatoms. The Hall–Kier alpha value is -4.14. The molecule has 1 atom stereocenters. The van der Waals surface area contributed by atoms with Crippen molar-refractivity contribution in [2.75, 3.05) is 13.6 Å². The van der Waals surface area contributed by atoms with Crippen LogP contribution in [-0.2, 0) is 19.4 Å². The summed E-state index contributed by atoms with van der Waals surface area (Å²) in [7, 11) is 1.75. The van der Waals surface area contributed by atoms with Crippen LogP contribution in [0, 0.1) is 0 Å². The number of furan rings is 1. The zero-order chi connectivity index (χ0) is 26.2. The number of carbonyl (C=O) groups is 1. The van der Waals surface area contributed by atoms with Crippen LogP contribution < -0.4 is 0 Å². The van der Waals surface area contributed by atoms with E-state index in [2.05, 4.69) is 27.1 Å². The quantitative estimate of drug-likeness (QED) is 0.368. The van der Waals surface area contributed by atoms with Crippen molar-refractivity contribution >= 4 is 16.9 Å². The molecule has 3 aromatic heterocycles. The highest BCUT2D eigenvalue weighted by atomic mass is 19.1. The molecule has 0 saturated heterocycles. The second-order valence-corrected chi connectivity index (χ2v) is 9.91. The summed E-state index contributed by atoms with van der Waals surface area (Å²) in [6.45, 7) is 2.92. The van der Waals surface area contributed by atoms with E-state index in [0.717, 1.165) is 22.9 Å². The van der Waals surface area contributed by atoms with Crippen molar-refractivity contribution in [2.24, 2.45) is 0 Å². The van der Waals surface area contributed by atoms with E-state index in [0.29, 0.717) is 31.6 Å². The Kier molecular flexibility index (Phi) is 6.35. The molecule has 1 aromatic carbocycles. The number of imidazole rings is 1. The molecule has 1 aliphatic carbocycles. The van der Waals surface area contributed by atoms with E-state index < -0.39 is 6.04 Å². The fraction of sp³-hybridized carbons (Fsp3) is 0.345. The Morgan fingerprint density at radius 2 is 2.11 bits per heavy atom. The van der Waals surface area contributed by atoms with Crippen LogP contribution in [0.5, 0.6) is 0 Å². The van der Waals surface area contributed by atoms with Gasteiger partial charge in [-0.2, -0.15) is 0 Å². The monoisotopic (exact) mass is 515 g/mol. The Labute approximate surface area is 219 Å². The maximum absolute atomic E-state index is 14.3. The first kappa shape index (κ1) is 24.2. The Morgan fingerprint density at radius 3 is 2.89 bits per heavy atom. The third kappa shape index (κ3) is 4.53. The molecule has 3 aliphatic rings. The molecule has 0 bridgehead atoms. The number of nitrogens with zero attached hydrogens (tertiary/aromatic N) is 4. The van der Waals surface area contributed by atoms with Crippen molar-refractivity contribution < 1.29 is 18.0 Å². The van der Waals surface area contributed by atoms with Crippen LogP contribution >= 0.6 is 0 Å². The molecule has 5 heterocycles. The Morgan fingerprint density at radius 1 is 1.26 bits per heavy atom. The molecular formula is C29H30FN5O3. The number of benzene rings is 1. The first-order valence-electron chi connectivity index (χ1n) is 13.1. The van der Waals surface area contributed by atoms with Crippen LogP contribution in [0.4, 0.5) is 4.39 Å². The van der Waals surface area contributed by atoms with Gasteiger partial charge in [0.15, 0.2) is 6.04 Å². The number of H-pyrrole nitrogens is 1. The average molecular weight is 516 g/mol. The number of aromatic amines is 1. The van der Waals surface area contributed by atoms with Crippen LogP contribution in [-0.4, -0.2) is 44.3 Å². The summed E-state index contributed by atoms with van der Waals surface area (Å²) < 4.78 is 25.5. The number of amides is 1. The zero-order valence-corrected chi connectivity index (χ0v) is 21.5. The number of aromatic nitrogens is 3. The summed E-state index contributed by atoms with van der Waals surface area (Å²) in [5.74, 6) is 0.595. The van der Waals surface area contributed by atoms with Crippen LogP contribution in [0.2, 0.25) is 0 Å². The molecule has 1 N–H and O–H groups in total. The fourth-order valence-corrected chi connectivity index (χ4v) is 5.07. The standard InChI is InChI=1S/C18H20FN5O2.C11H10O/c1-3-12-16(18(25)24-8-6-13-14(9-24)21-10-20-13)26-17(22-12)15-11(19)5-4-7-23(15)2;1-2-4-11-9(3-1)10(7-12-11)8-5-6-8/h4-5,7,10,15H,3,6,8-9H2,1-2H3,(H,20,21);1-4,7-8H,5-6H2. The predicted molar refractivity (Wildman–Crippen MR) is 140 cm³/mol. The molecular weight excluding hydrogens is 485 g/mol. The van der Waals surface area contributed by atoms with Gasteiger partial charge < -0.3 is 23.6 Å². The number of hydrogen-bond acceptors (Lipinski definition) is 6. The van der Waals surface area contributed by atoms with E-state index in [1.165, 1.54) is 29.9 Å². The third-order valence-corrected chi connectivity index (χ3v) is 7.31. The first-order chi connectivity index (χ1) is 18.5. The molecule has 1 amide bonds. The molecule has 1 fully saturated rings. The molecule has 4 aromatic rings. The maximum atomic E-state index is 14.3. The maximum Gasteiger partial charge on any atom is 0.291 e. The SMILES string of the molecule is CCc1nc(C2C(F)=CC=CN2C)oc1C(=O)N1CCc2nc[nH]c2C1.c1ccc2c(C3CC3)coc2c1. The molecule has 1 unspecified atom stereocenters.